The molecule has 3 aliphatic rings. The van der Waals surface area contributed by atoms with Crippen molar-refractivity contribution in [3.8, 4) is 0 Å². The average molecular weight is 405 g/mol. The normalized spacial score (nSPS) is 35.9. The van der Waals surface area contributed by atoms with Crippen LogP contribution in [0, 0.1) is 23.7 Å². The minimum absolute atomic E-state index is 0.0722. The van der Waals surface area contributed by atoms with Crippen molar-refractivity contribution in [1.29, 1.82) is 0 Å². The number of carbonyl (C=O) groups is 2. The Morgan fingerprint density at radius 2 is 1.28 bits per heavy atom. The van der Waals surface area contributed by atoms with Crippen LogP contribution >= 0.6 is 0 Å². The van der Waals surface area contributed by atoms with Crippen LogP contribution in [0.15, 0.2) is 12.2 Å². The van der Waals surface area contributed by atoms with Crippen LogP contribution in [0.3, 0.4) is 0 Å². The van der Waals surface area contributed by atoms with Crippen molar-refractivity contribution in [2.45, 2.75) is 110 Å². The summed E-state index contributed by atoms with van der Waals surface area (Å²) in [6.45, 7) is 4.10. The van der Waals surface area contributed by atoms with E-state index >= 15 is 0 Å². The van der Waals surface area contributed by atoms with Crippen molar-refractivity contribution in [2.24, 2.45) is 23.7 Å². The summed E-state index contributed by atoms with van der Waals surface area (Å²) in [4.78, 5) is 24.2. The lowest BCUT2D eigenvalue weighted by Gasteiger charge is -2.37. The highest BCUT2D eigenvalue weighted by Gasteiger charge is 2.35. The van der Waals surface area contributed by atoms with E-state index in [1.165, 1.54) is 25.3 Å². The number of hydrogen-bond acceptors (Lipinski definition) is 4. The molecule has 164 valence electrons. The molecule has 0 amide bonds. The van der Waals surface area contributed by atoms with E-state index in [9.17, 15) is 9.59 Å². The van der Waals surface area contributed by atoms with Crippen molar-refractivity contribution in [1.82, 2.24) is 0 Å². The Kier molecular flexibility index (Phi) is 8.62. The summed E-state index contributed by atoms with van der Waals surface area (Å²) in [6.07, 6.45) is 17.8. The Hall–Kier alpha value is -1.32. The van der Waals surface area contributed by atoms with Crippen LogP contribution in [0.1, 0.15) is 97.3 Å². The summed E-state index contributed by atoms with van der Waals surface area (Å²) in [5.41, 5.74) is 0. The van der Waals surface area contributed by atoms with Crippen LogP contribution in [0.4, 0.5) is 0 Å². The molecule has 3 rings (SSSR count). The SMILES string of the molecule is C/C=C/C(=O)OC1CCC(C2CCC(C(=O)OC3CCC(CC)CC3)CC2)CC1. The summed E-state index contributed by atoms with van der Waals surface area (Å²) in [5, 5.41) is 0. The summed E-state index contributed by atoms with van der Waals surface area (Å²) in [7, 11) is 0. The molecule has 29 heavy (non-hydrogen) atoms. The van der Waals surface area contributed by atoms with Crippen molar-refractivity contribution in [3.63, 3.8) is 0 Å². The number of ether oxygens (including phenoxy) is 2. The Morgan fingerprint density at radius 3 is 1.83 bits per heavy atom. The molecule has 0 heterocycles. The highest BCUT2D eigenvalue weighted by atomic mass is 16.5. The summed E-state index contributed by atoms with van der Waals surface area (Å²) >= 11 is 0. The predicted molar refractivity (Wildman–Crippen MR) is 114 cm³/mol. The number of hydrogen-bond donors (Lipinski definition) is 0. The van der Waals surface area contributed by atoms with Gasteiger partial charge in [0.2, 0.25) is 0 Å². The molecule has 0 bridgehead atoms. The number of allylic oxidation sites excluding steroid dienone is 1. The second-order valence-corrected chi connectivity index (χ2v) is 9.57. The molecule has 3 fully saturated rings. The molecule has 0 radical (unpaired) electrons. The van der Waals surface area contributed by atoms with E-state index in [2.05, 4.69) is 6.92 Å². The summed E-state index contributed by atoms with van der Waals surface area (Å²) < 4.78 is 11.4. The second-order valence-electron chi connectivity index (χ2n) is 9.57. The second kappa shape index (κ2) is 11.2. The van der Waals surface area contributed by atoms with E-state index < -0.39 is 0 Å². The maximum Gasteiger partial charge on any atom is 0.330 e. The molecule has 0 spiro atoms. The van der Waals surface area contributed by atoms with Crippen molar-refractivity contribution in [2.75, 3.05) is 0 Å². The lowest BCUT2D eigenvalue weighted by Crippen LogP contribution is -2.33. The molecule has 0 aromatic rings. The molecule has 3 saturated carbocycles. The van der Waals surface area contributed by atoms with Gasteiger partial charge in [0.25, 0.3) is 0 Å². The molecular formula is C25H40O4. The van der Waals surface area contributed by atoms with E-state index in [1.54, 1.807) is 6.08 Å². The molecule has 0 atom stereocenters. The fourth-order valence-electron chi connectivity index (χ4n) is 5.76. The van der Waals surface area contributed by atoms with Crippen LogP contribution in [0.2, 0.25) is 0 Å². The van der Waals surface area contributed by atoms with Crippen molar-refractivity contribution < 1.29 is 19.1 Å². The first-order valence-electron chi connectivity index (χ1n) is 12.1. The third-order valence-corrected chi connectivity index (χ3v) is 7.73. The molecule has 0 N–H and O–H groups in total. The standard InChI is InChI=1S/C25H40O4/c1-3-5-24(26)28-22-16-12-20(13-17-22)19-8-10-21(11-9-19)25(27)29-23-14-6-18(4-2)7-15-23/h3,5,18-23H,4,6-17H2,1-2H3/b5-3+. The molecule has 0 aromatic carbocycles. The molecular weight excluding hydrogens is 364 g/mol. The number of carbonyl (C=O) groups excluding carboxylic acids is 2. The van der Waals surface area contributed by atoms with Gasteiger partial charge >= 0.3 is 11.9 Å². The Balaban J connectivity index is 1.34. The van der Waals surface area contributed by atoms with Gasteiger partial charge in [0.1, 0.15) is 12.2 Å². The average Bonchev–Trinajstić information content (AvgIpc) is 2.75. The van der Waals surface area contributed by atoms with Gasteiger partial charge in [-0.05, 0) is 102 Å². The summed E-state index contributed by atoms with van der Waals surface area (Å²) in [6, 6.07) is 0. The Bertz CT molecular complexity index is 545. The molecule has 0 saturated heterocycles. The monoisotopic (exact) mass is 404 g/mol. The smallest absolute Gasteiger partial charge is 0.330 e. The predicted octanol–water partition coefficient (Wildman–Crippen LogP) is 5.98. The Labute approximate surface area is 176 Å². The van der Waals surface area contributed by atoms with Gasteiger partial charge in [-0.2, -0.15) is 0 Å². The van der Waals surface area contributed by atoms with Crippen molar-refractivity contribution in [3.05, 3.63) is 12.2 Å². The van der Waals surface area contributed by atoms with Crippen LogP contribution in [-0.2, 0) is 19.1 Å². The van der Waals surface area contributed by atoms with Gasteiger partial charge in [-0.25, -0.2) is 4.79 Å². The van der Waals surface area contributed by atoms with Crippen LogP contribution in [0.5, 0.6) is 0 Å². The fraction of sp³-hybridized carbons (Fsp3) is 0.840. The molecule has 4 heteroatoms. The first-order chi connectivity index (χ1) is 14.1. The Morgan fingerprint density at radius 1 is 0.759 bits per heavy atom. The van der Waals surface area contributed by atoms with E-state index in [0.29, 0.717) is 0 Å². The van der Waals surface area contributed by atoms with Crippen LogP contribution in [-0.4, -0.2) is 24.1 Å². The quantitative estimate of drug-likeness (QED) is 0.403. The molecule has 3 aliphatic carbocycles. The van der Waals surface area contributed by atoms with Gasteiger partial charge in [-0.15, -0.1) is 0 Å². The highest BCUT2D eigenvalue weighted by molar-refractivity contribution is 5.81. The van der Waals surface area contributed by atoms with E-state index in [0.717, 1.165) is 82.0 Å². The van der Waals surface area contributed by atoms with Gasteiger partial charge in [0.15, 0.2) is 0 Å². The lowest BCUT2D eigenvalue weighted by molar-refractivity contribution is -0.157. The third kappa shape index (κ3) is 6.58. The molecule has 0 unspecified atom stereocenters. The van der Waals surface area contributed by atoms with Gasteiger partial charge in [-0.1, -0.05) is 19.4 Å². The number of esters is 2. The summed E-state index contributed by atoms with van der Waals surface area (Å²) in [5.74, 6) is 2.27. The van der Waals surface area contributed by atoms with E-state index in [4.69, 9.17) is 9.47 Å². The zero-order chi connectivity index (χ0) is 20.6. The molecule has 0 aliphatic heterocycles. The number of rotatable bonds is 6. The lowest BCUT2D eigenvalue weighted by atomic mass is 9.70. The van der Waals surface area contributed by atoms with E-state index in [1.807, 2.05) is 6.92 Å². The zero-order valence-electron chi connectivity index (χ0n) is 18.4. The van der Waals surface area contributed by atoms with Crippen molar-refractivity contribution >= 4 is 11.9 Å². The van der Waals surface area contributed by atoms with Gasteiger partial charge in [0, 0.05) is 6.08 Å². The van der Waals surface area contributed by atoms with Gasteiger partial charge in [-0.3, -0.25) is 4.79 Å². The minimum atomic E-state index is -0.210. The minimum Gasteiger partial charge on any atom is -0.462 e. The van der Waals surface area contributed by atoms with Gasteiger partial charge in [0.05, 0.1) is 5.92 Å². The first-order valence-corrected chi connectivity index (χ1v) is 12.1. The maximum absolute atomic E-state index is 12.6. The first kappa shape index (κ1) is 22.4. The van der Waals surface area contributed by atoms with Gasteiger partial charge < -0.3 is 9.47 Å². The topological polar surface area (TPSA) is 52.6 Å². The zero-order valence-corrected chi connectivity index (χ0v) is 18.4. The largest absolute Gasteiger partial charge is 0.462 e. The molecule has 0 aromatic heterocycles. The van der Waals surface area contributed by atoms with Crippen LogP contribution in [0.25, 0.3) is 0 Å². The highest BCUT2D eigenvalue weighted by Crippen LogP contribution is 2.41. The fourth-order valence-corrected chi connectivity index (χ4v) is 5.76. The third-order valence-electron chi connectivity index (χ3n) is 7.73. The maximum atomic E-state index is 12.6. The molecule has 4 nitrogen and oxygen atoms in total. The van der Waals surface area contributed by atoms with Crippen LogP contribution < -0.4 is 0 Å². The van der Waals surface area contributed by atoms with E-state index in [-0.39, 0.29) is 30.1 Å².